The van der Waals surface area contributed by atoms with Crippen LogP contribution in [0.2, 0.25) is 5.02 Å². The first-order valence-corrected chi connectivity index (χ1v) is 6.08. The molecular weight excluding hydrogens is 241 g/mol. The van der Waals surface area contributed by atoms with Gasteiger partial charge in [-0.2, -0.15) is 0 Å². The molecule has 0 aliphatic rings. The summed E-state index contributed by atoms with van der Waals surface area (Å²) in [4.78, 5) is 2.06. The molecule has 0 aliphatic heterocycles. The van der Waals surface area contributed by atoms with E-state index in [0.717, 1.165) is 12.1 Å². The number of aliphatic hydroxyl groups is 1. The van der Waals surface area contributed by atoms with E-state index in [0.29, 0.717) is 13.1 Å². The van der Waals surface area contributed by atoms with E-state index in [-0.39, 0.29) is 5.02 Å². The third-order valence-corrected chi connectivity index (χ3v) is 2.75. The van der Waals surface area contributed by atoms with Crippen LogP contribution >= 0.6 is 11.6 Å². The first kappa shape index (κ1) is 14.4. The molecule has 0 aromatic heterocycles. The van der Waals surface area contributed by atoms with Crippen molar-refractivity contribution in [2.75, 3.05) is 13.1 Å². The highest BCUT2D eigenvalue weighted by Gasteiger charge is 2.17. The molecule has 0 unspecified atom stereocenters. The maximum absolute atomic E-state index is 13.3. The standard InChI is InChI=1S/C13H19ClFNO/c1-4-16(9-13(2,3)17)8-10-5-6-11(14)12(15)7-10/h5-7,17H,4,8-9H2,1-3H3. The summed E-state index contributed by atoms with van der Waals surface area (Å²) in [5.41, 5.74) is 0.110. The van der Waals surface area contributed by atoms with Crippen LogP contribution in [0.5, 0.6) is 0 Å². The Hall–Kier alpha value is -0.640. The number of likely N-dealkylation sites (N-methyl/N-ethyl adjacent to an activating group) is 1. The van der Waals surface area contributed by atoms with E-state index in [9.17, 15) is 9.50 Å². The third-order valence-electron chi connectivity index (χ3n) is 2.45. The SMILES string of the molecule is CCN(Cc1ccc(Cl)c(F)c1)CC(C)(C)O. The molecule has 0 saturated heterocycles. The number of halogens is 2. The van der Waals surface area contributed by atoms with E-state index in [1.54, 1.807) is 26.0 Å². The molecule has 0 spiro atoms. The van der Waals surface area contributed by atoms with Crippen molar-refractivity contribution in [2.24, 2.45) is 0 Å². The van der Waals surface area contributed by atoms with Crippen LogP contribution < -0.4 is 0 Å². The number of benzene rings is 1. The highest BCUT2D eigenvalue weighted by atomic mass is 35.5. The van der Waals surface area contributed by atoms with Crippen molar-refractivity contribution in [2.45, 2.75) is 32.9 Å². The fourth-order valence-corrected chi connectivity index (χ4v) is 1.84. The van der Waals surface area contributed by atoms with Gasteiger partial charge in [-0.15, -0.1) is 0 Å². The second kappa shape index (κ2) is 5.80. The minimum absolute atomic E-state index is 0.138. The van der Waals surface area contributed by atoms with Crippen molar-refractivity contribution in [3.8, 4) is 0 Å². The molecule has 17 heavy (non-hydrogen) atoms. The molecule has 0 radical (unpaired) electrons. The van der Waals surface area contributed by atoms with Gasteiger partial charge in [-0.1, -0.05) is 24.6 Å². The Morgan fingerprint density at radius 1 is 1.41 bits per heavy atom. The molecule has 0 saturated carbocycles. The van der Waals surface area contributed by atoms with Gasteiger partial charge >= 0.3 is 0 Å². The first-order valence-electron chi connectivity index (χ1n) is 5.70. The summed E-state index contributed by atoms with van der Waals surface area (Å²) in [5.74, 6) is -0.400. The lowest BCUT2D eigenvalue weighted by atomic mass is 10.1. The van der Waals surface area contributed by atoms with Gasteiger partial charge in [-0.3, -0.25) is 4.90 Å². The zero-order valence-electron chi connectivity index (χ0n) is 10.5. The molecule has 0 amide bonds. The lowest BCUT2D eigenvalue weighted by Gasteiger charge is -2.28. The van der Waals surface area contributed by atoms with Crippen molar-refractivity contribution >= 4 is 11.6 Å². The quantitative estimate of drug-likeness (QED) is 0.879. The van der Waals surface area contributed by atoms with Gasteiger partial charge in [-0.25, -0.2) is 4.39 Å². The second-order valence-electron chi connectivity index (χ2n) is 4.86. The molecule has 1 N–H and O–H groups in total. The van der Waals surface area contributed by atoms with Crippen molar-refractivity contribution in [1.82, 2.24) is 4.90 Å². The lowest BCUT2D eigenvalue weighted by Crippen LogP contribution is -2.38. The van der Waals surface area contributed by atoms with Gasteiger partial charge in [0.05, 0.1) is 10.6 Å². The Morgan fingerprint density at radius 2 is 2.06 bits per heavy atom. The zero-order valence-corrected chi connectivity index (χ0v) is 11.3. The van der Waals surface area contributed by atoms with Gasteiger partial charge in [0.25, 0.3) is 0 Å². The van der Waals surface area contributed by atoms with Crippen LogP contribution in [0.25, 0.3) is 0 Å². The lowest BCUT2D eigenvalue weighted by molar-refractivity contribution is 0.0353. The predicted octanol–water partition coefficient (Wildman–Crippen LogP) is 3.07. The van der Waals surface area contributed by atoms with Crippen LogP contribution in [0.1, 0.15) is 26.3 Å². The number of nitrogens with zero attached hydrogens (tertiary/aromatic N) is 1. The minimum Gasteiger partial charge on any atom is -0.389 e. The van der Waals surface area contributed by atoms with Crippen molar-refractivity contribution < 1.29 is 9.50 Å². The summed E-state index contributed by atoms with van der Waals surface area (Å²) in [6.45, 7) is 7.49. The molecule has 1 aromatic carbocycles. The van der Waals surface area contributed by atoms with Crippen LogP contribution in [-0.4, -0.2) is 28.7 Å². The molecular formula is C13H19ClFNO. The van der Waals surface area contributed by atoms with E-state index >= 15 is 0 Å². The fourth-order valence-electron chi connectivity index (χ4n) is 1.72. The molecule has 4 heteroatoms. The molecule has 0 aliphatic carbocycles. The molecule has 2 nitrogen and oxygen atoms in total. The summed E-state index contributed by atoms with van der Waals surface area (Å²) in [7, 11) is 0. The van der Waals surface area contributed by atoms with E-state index in [1.165, 1.54) is 6.07 Å². The predicted molar refractivity (Wildman–Crippen MR) is 68.7 cm³/mol. The molecule has 1 rings (SSSR count). The third kappa shape index (κ3) is 5.02. The van der Waals surface area contributed by atoms with E-state index in [2.05, 4.69) is 4.90 Å². The van der Waals surface area contributed by atoms with Gasteiger partial charge in [0, 0.05) is 13.1 Å². The van der Waals surface area contributed by atoms with Crippen molar-refractivity contribution in [3.63, 3.8) is 0 Å². The highest BCUT2D eigenvalue weighted by Crippen LogP contribution is 2.17. The molecule has 0 heterocycles. The molecule has 0 atom stereocenters. The maximum atomic E-state index is 13.3. The zero-order chi connectivity index (χ0) is 13.1. The van der Waals surface area contributed by atoms with E-state index < -0.39 is 11.4 Å². The monoisotopic (exact) mass is 259 g/mol. The minimum atomic E-state index is -0.749. The largest absolute Gasteiger partial charge is 0.389 e. The average molecular weight is 260 g/mol. The summed E-state index contributed by atoms with van der Waals surface area (Å²) in [6.07, 6.45) is 0. The number of hydrogen-bond acceptors (Lipinski definition) is 2. The smallest absolute Gasteiger partial charge is 0.142 e. The Labute approximate surface area is 107 Å². The Balaban J connectivity index is 2.70. The van der Waals surface area contributed by atoms with Crippen molar-refractivity contribution in [1.29, 1.82) is 0 Å². The van der Waals surface area contributed by atoms with Crippen LogP contribution in [0.4, 0.5) is 4.39 Å². The molecule has 0 fully saturated rings. The number of hydrogen-bond donors (Lipinski definition) is 1. The highest BCUT2D eigenvalue weighted by molar-refractivity contribution is 6.30. The van der Waals surface area contributed by atoms with Gasteiger partial charge in [0.1, 0.15) is 5.82 Å². The Kier molecular flexibility index (Phi) is 4.92. The van der Waals surface area contributed by atoms with E-state index in [1.807, 2.05) is 6.92 Å². The summed E-state index contributed by atoms with van der Waals surface area (Å²) >= 11 is 5.63. The van der Waals surface area contributed by atoms with E-state index in [4.69, 9.17) is 11.6 Å². The Morgan fingerprint density at radius 3 is 2.53 bits per heavy atom. The van der Waals surface area contributed by atoms with Crippen LogP contribution in [0.15, 0.2) is 18.2 Å². The van der Waals surface area contributed by atoms with Crippen LogP contribution in [0.3, 0.4) is 0 Å². The first-order chi connectivity index (χ1) is 7.81. The maximum Gasteiger partial charge on any atom is 0.142 e. The van der Waals surface area contributed by atoms with Gasteiger partial charge < -0.3 is 5.11 Å². The van der Waals surface area contributed by atoms with Crippen LogP contribution in [0, 0.1) is 5.82 Å². The fraction of sp³-hybridized carbons (Fsp3) is 0.538. The average Bonchev–Trinajstić information content (AvgIpc) is 2.20. The normalized spacial score (nSPS) is 12.2. The van der Waals surface area contributed by atoms with Crippen LogP contribution in [-0.2, 0) is 6.54 Å². The second-order valence-corrected chi connectivity index (χ2v) is 5.27. The topological polar surface area (TPSA) is 23.5 Å². The van der Waals surface area contributed by atoms with Gasteiger partial charge in [0.2, 0.25) is 0 Å². The van der Waals surface area contributed by atoms with Crippen molar-refractivity contribution in [3.05, 3.63) is 34.6 Å². The Bertz CT molecular complexity index is 376. The summed E-state index contributed by atoms with van der Waals surface area (Å²) in [6, 6.07) is 4.80. The molecule has 0 bridgehead atoms. The van der Waals surface area contributed by atoms with Gasteiger partial charge in [0.15, 0.2) is 0 Å². The summed E-state index contributed by atoms with van der Waals surface area (Å²) < 4.78 is 13.3. The molecule has 1 aromatic rings. The molecule has 96 valence electrons. The van der Waals surface area contributed by atoms with Gasteiger partial charge in [-0.05, 0) is 38.1 Å². The number of rotatable bonds is 5. The summed E-state index contributed by atoms with van der Waals surface area (Å²) in [5, 5.41) is 9.90.